The number of carbonyl (C=O) groups is 4. The number of aliphatic hydroxyl groups excluding tert-OH is 1. The fourth-order valence-corrected chi connectivity index (χ4v) is 11.7. The van der Waals surface area contributed by atoms with Gasteiger partial charge >= 0.3 is 12.1 Å². The molecular weight excluding hydrogens is 965 g/mol. The highest BCUT2D eigenvalue weighted by Gasteiger charge is 2.76. The van der Waals surface area contributed by atoms with E-state index in [1.165, 1.54) is 7.11 Å². The molecule has 4 aliphatic heterocycles. The Balaban J connectivity index is 1.23. The SMILES string of the molecule is COCCOC(=O)N1C(=O)[C@@]2(c3cc(C#CCN(C)Cc4ccccc4)ccc31)[C@H](C(=O)N1CCc3cc(OC)c(OC)cc3C1)[C@H]1C(=O)O[C@H](c3ccccc3)[C@H](c3ccccc3)N1[C@@H]2c1cccc(OCCO)c1. The largest absolute Gasteiger partial charge is 0.493 e. The standard InChI is InChI=1S/C61H60N4O11/c1-62(38-41-16-8-5-9-17-41)28-15-18-40-25-26-49-48(34-40)61(59(69)64(49)60(70)75-33-32-71-2)52(57(67)63-29-27-44-36-50(72-3)51(73-4)37-46(44)39-63)54-58(68)76-55(43-21-12-7-13-22-43)53(42-19-10-6-11-20-42)65(54)56(61)45-23-14-24-47(35-45)74-31-30-66/h5-14,16-17,19-26,34-37,52-56,66H,27-33,38-39H2,1-4H3/t52-,53-,54-,55+,56+,61-/m0/s1. The van der Waals surface area contributed by atoms with Crippen LogP contribution in [0, 0.1) is 17.8 Å². The van der Waals surface area contributed by atoms with Crippen LogP contribution in [0.4, 0.5) is 10.5 Å². The molecule has 0 aliphatic carbocycles. The summed E-state index contributed by atoms with van der Waals surface area (Å²) < 4.78 is 35.2. The topological polar surface area (TPSA) is 157 Å². The van der Waals surface area contributed by atoms with Crippen LogP contribution in [0.25, 0.3) is 0 Å². The van der Waals surface area contributed by atoms with Gasteiger partial charge in [-0.3, -0.25) is 24.2 Å². The molecule has 10 rings (SSSR count). The molecule has 6 atom stereocenters. The Kier molecular flexibility index (Phi) is 15.2. The van der Waals surface area contributed by atoms with Crippen molar-refractivity contribution in [3.05, 3.63) is 190 Å². The minimum Gasteiger partial charge on any atom is -0.493 e. The Morgan fingerprint density at radius 2 is 1.45 bits per heavy atom. The van der Waals surface area contributed by atoms with Crippen molar-refractivity contribution >= 4 is 29.6 Å². The monoisotopic (exact) mass is 1020 g/mol. The summed E-state index contributed by atoms with van der Waals surface area (Å²) in [7, 11) is 6.58. The maximum atomic E-state index is 16.8. The lowest BCUT2D eigenvalue weighted by Crippen LogP contribution is -2.57. The first-order valence-electron chi connectivity index (χ1n) is 25.4. The van der Waals surface area contributed by atoms with E-state index in [4.69, 9.17) is 28.4 Å². The zero-order valence-corrected chi connectivity index (χ0v) is 42.9. The molecule has 4 aliphatic rings. The molecule has 4 heterocycles. The van der Waals surface area contributed by atoms with Gasteiger partial charge in [0.15, 0.2) is 11.5 Å². The number of aliphatic hydroxyl groups is 1. The molecule has 0 radical (unpaired) electrons. The Morgan fingerprint density at radius 3 is 2.14 bits per heavy atom. The number of imide groups is 1. The number of fused-ring (bicyclic) bond motifs is 4. The molecule has 1 N–H and O–H groups in total. The summed E-state index contributed by atoms with van der Waals surface area (Å²) in [6.45, 7) is 0.980. The van der Waals surface area contributed by atoms with Crippen LogP contribution in [0.1, 0.15) is 62.7 Å². The maximum Gasteiger partial charge on any atom is 0.421 e. The van der Waals surface area contributed by atoms with Gasteiger partial charge in [0.1, 0.15) is 36.5 Å². The normalized spacial score (nSPS) is 21.5. The molecule has 76 heavy (non-hydrogen) atoms. The van der Waals surface area contributed by atoms with E-state index in [1.807, 2.05) is 109 Å². The Morgan fingerprint density at radius 1 is 0.763 bits per heavy atom. The fraction of sp³-hybridized carbons (Fsp3) is 0.311. The number of esters is 1. The highest BCUT2D eigenvalue weighted by molar-refractivity contribution is 6.23. The Labute approximate surface area is 442 Å². The van der Waals surface area contributed by atoms with Crippen LogP contribution < -0.4 is 19.1 Å². The summed E-state index contributed by atoms with van der Waals surface area (Å²) in [6.07, 6.45) is -1.49. The summed E-state index contributed by atoms with van der Waals surface area (Å²) in [5.74, 6) is 4.56. The van der Waals surface area contributed by atoms with Gasteiger partial charge in [0.2, 0.25) is 11.8 Å². The zero-order chi connectivity index (χ0) is 52.9. The second-order valence-corrected chi connectivity index (χ2v) is 19.3. The summed E-state index contributed by atoms with van der Waals surface area (Å²) in [4.78, 5) is 70.7. The molecule has 2 fully saturated rings. The molecule has 3 amide bonds. The van der Waals surface area contributed by atoms with Crippen molar-refractivity contribution in [3.8, 4) is 29.1 Å². The number of morpholine rings is 1. The first kappa shape index (κ1) is 51.5. The van der Waals surface area contributed by atoms with Crippen LogP contribution in [-0.4, -0.2) is 118 Å². The molecule has 2 saturated heterocycles. The smallest absolute Gasteiger partial charge is 0.421 e. The van der Waals surface area contributed by atoms with Crippen LogP contribution >= 0.6 is 0 Å². The average Bonchev–Trinajstić information content (AvgIpc) is 4.14. The highest BCUT2D eigenvalue weighted by Crippen LogP contribution is 2.66. The Hall–Kier alpha value is -8.00. The van der Waals surface area contributed by atoms with E-state index in [0.29, 0.717) is 59.0 Å². The third-order valence-electron chi connectivity index (χ3n) is 14.9. The number of nitrogens with zero attached hydrogens (tertiary/aromatic N) is 4. The highest BCUT2D eigenvalue weighted by atomic mass is 16.6. The first-order valence-corrected chi connectivity index (χ1v) is 25.4. The van der Waals surface area contributed by atoms with E-state index < -0.39 is 59.4 Å². The summed E-state index contributed by atoms with van der Waals surface area (Å²) >= 11 is 0. The van der Waals surface area contributed by atoms with Crippen LogP contribution in [0.3, 0.4) is 0 Å². The number of anilines is 1. The summed E-state index contributed by atoms with van der Waals surface area (Å²) in [5, 5.41) is 9.93. The molecule has 0 bridgehead atoms. The van der Waals surface area contributed by atoms with E-state index in [-0.39, 0.29) is 45.2 Å². The van der Waals surface area contributed by atoms with Crippen LogP contribution in [0.2, 0.25) is 0 Å². The molecule has 6 aromatic carbocycles. The van der Waals surface area contributed by atoms with Gasteiger partial charge in [-0.15, -0.1) is 0 Å². The van der Waals surface area contributed by atoms with Gasteiger partial charge in [0.25, 0.3) is 0 Å². The number of hydrogen-bond donors (Lipinski definition) is 1. The van der Waals surface area contributed by atoms with Crippen molar-refractivity contribution in [2.24, 2.45) is 5.92 Å². The number of amides is 3. The van der Waals surface area contributed by atoms with Crippen molar-refractivity contribution in [2.75, 3.05) is 72.8 Å². The lowest BCUT2D eigenvalue weighted by Gasteiger charge is -2.46. The molecule has 15 heteroatoms. The predicted molar refractivity (Wildman–Crippen MR) is 282 cm³/mol. The van der Waals surface area contributed by atoms with E-state index in [0.717, 1.165) is 27.2 Å². The predicted octanol–water partition coefficient (Wildman–Crippen LogP) is 7.59. The Bertz CT molecular complexity index is 3160. The minimum absolute atomic E-state index is 0.0275. The third kappa shape index (κ3) is 9.54. The molecule has 15 nitrogen and oxygen atoms in total. The van der Waals surface area contributed by atoms with E-state index in [1.54, 1.807) is 55.5 Å². The number of methoxy groups -OCH3 is 3. The van der Waals surface area contributed by atoms with Gasteiger partial charge < -0.3 is 38.4 Å². The molecule has 0 aromatic heterocycles. The summed E-state index contributed by atoms with van der Waals surface area (Å²) in [6, 6.07) is 41.8. The number of rotatable bonds is 15. The number of hydrogen-bond acceptors (Lipinski definition) is 13. The molecule has 0 saturated carbocycles. The van der Waals surface area contributed by atoms with Crippen LogP contribution in [-0.2, 0) is 53.5 Å². The second-order valence-electron chi connectivity index (χ2n) is 19.3. The molecule has 390 valence electrons. The van der Waals surface area contributed by atoms with Crippen molar-refractivity contribution in [3.63, 3.8) is 0 Å². The van der Waals surface area contributed by atoms with Crippen molar-refractivity contribution in [2.45, 2.75) is 49.2 Å². The zero-order valence-electron chi connectivity index (χ0n) is 42.9. The van der Waals surface area contributed by atoms with Gasteiger partial charge in [-0.2, -0.15) is 0 Å². The van der Waals surface area contributed by atoms with Crippen LogP contribution in [0.5, 0.6) is 17.2 Å². The third-order valence-corrected chi connectivity index (χ3v) is 14.9. The molecule has 1 spiro atoms. The van der Waals surface area contributed by atoms with Crippen molar-refractivity contribution in [1.82, 2.24) is 14.7 Å². The lowest BCUT2D eigenvalue weighted by molar-refractivity contribution is -0.179. The number of cyclic esters (lactones) is 1. The number of carbonyl (C=O) groups excluding carboxylic acids is 4. The summed E-state index contributed by atoms with van der Waals surface area (Å²) in [5.41, 5.74) is 3.79. The van der Waals surface area contributed by atoms with E-state index in [2.05, 4.69) is 28.9 Å². The van der Waals surface area contributed by atoms with Crippen molar-refractivity contribution < 1.29 is 52.7 Å². The fourth-order valence-electron chi connectivity index (χ4n) is 11.7. The second kappa shape index (κ2) is 22.5. The average molecular weight is 1030 g/mol. The molecular formula is C61H60N4O11. The quantitative estimate of drug-likeness (QED) is 0.0611. The van der Waals surface area contributed by atoms with Crippen LogP contribution in [0.15, 0.2) is 146 Å². The van der Waals surface area contributed by atoms with Crippen molar-refractivity contribution in [1.29, 1.82) is 0 Å². The maximum absolute atomic E-state index is 16.8. The van der Waals surface area contributed by atoms with Gasteiger partial charge in [0.05, 0.1) is 57.7 Å². The molecule has 6 aromatic rings. The first-order chi connectivity index (χ1) is 37.1. The van der Waals surface area contributed by atoms with E-state index >= 15 is 14.4 Å². The number of ether oxygens (including phenoxy) is 6. The van der Waals surface area contributed by atoms with E-state index in [9.17, 15) is 9.90 Å². The molecule has 0 unspecified atom stereocenters. The minimum atomic E-state index is -2.07. The van der Waals surface area contributed by atoms with Gasteiger partial charge in [0, 0.05) is 32.3 Å². The number of benzene rings is 6. The lowest BCUT2D eigenvalue weighted by atomic mass is 9.64. The van der Waals surface area contributed by atoms with Gasteiger partial charge in [-0.1, -0.05) is 115 Å². The van der Waals surface area contributed by atoms with Gasteiger partial charge in [-0.25, -0.2) is 9.69 Å². The van der Waals surface area contributed by atoms with Gasteiger partial charge in [-0.05, 0) is 94.9 Å².